The standard InChI is InChI=1S/C16H20N2O2/c1-12(16(19)17-2)18(3)11-13-6-4-7-14(10-13)15-8-5-9-20-15/h4-10,12H,11H2,1-3H3,(H,17,19)/t12-/m0/s1. The maximum atomic E-state index is 11.6. The molecule has 0 aliphatic heterocycles. The first-order valence-corrected chi connectivity index (χ1v) is 6.66. The van der Waals surface area contributed by atoms with E-state index in [9.17, 15) is 4.79 Å². The smallest absolute Gasteiger partial charge is 0.236 e. The molecule has 0 bridgehead atoms. The van der Waals surface area contributed by atoms with Crippen LogP contribution in [0, 0.1) is 0 Å². The van der Waals surface area contributed by atoms with Gasteiger partial charge in [0, 0.05) is 19.2 Å². The van der Waals surface area contributed by atoms with Crippen LogP contribution in [-0.2, 0) is 11.3 Å². The Morgan fingerprint density at radius 3 is 2.80 bits per heavy atom. The van der Waals surface area contributed by atoms with Crippen LogP contribution in [0.2, 0.25) is 0 Å². The van der Waals surface area contributed by atoms with Gasteiger partial charge in [-0.25, -0.2) is 0 Å². The van der Waals surface area contributed by atoms with Crippen molar-refractivity contribution in [1.29, 1.82) is 0 Å². The molecule has 4 nitrogen and oxygen atoms in total. The van der Waals surface area contributed by atoms with Crippen molar-refractivity contribution >= 4 is 5.91 Å². The zero-order chi connectivity index (χ0) is 14.5. The molecule has 0 unspecified atom stereocenters. The summed E-state index contributed by atoms with van der Waals surface area (Å²) in [5, 5.41) is 2.67. The normalized spacial score (nSPS) is 12.4. The number of rotatable bonds is 5. The summed E-state index contributed by atoms with van der Waals surface area (Å²) in [5.74, 6) is 0.878. The average Bonchev–Trinajstić information content (AvgIpc) is 3.00. The van der Waals surface area contributed by atoms with Gasteiger partial charge < -0.3 is 9.73 Å². The Kier molecular flexibility index (Phi) is 4.58. The SMILES string of the molecule is CNC(=O)[C@H](C)N(C)Cc1cccc(-c2ccco2)c1. The predicted octanol–water partition coefficient (Wildman–Crippen LogP) is 2.51. The van der Waals surface area contributed by atoms with E-state index >= 15 is 0 Å². The minimum Gasteiger partial charge on any atom is -0.464 e. The van der Waals surface area contributed by atoms with Crippen molar-refractivity contribution in [3.8, 4) is 11.3 Å². The van der Waals surface area contributed by atoms with Gasteiger partial charge in [0.2, 0.25) is 5.91 Å². The summed E-state index contributed by atoms with van der Waals surface area (Å²) in [7, 11) is 3.60. The van der Waals surface area contributed by atoms with Crippen molar-refractivity contribution < 1.29 is 9.21 Å². The maximum Gasteiger partial charge on any atom is 0.236 e. The number of carbonyl (C=O) groups excluding carboxylic acids is 1. The fourth-order valence-electron chi connectivity index (χ4n) is 2.10. The summed E-state index contributed by atoms with van der Waals surface area (Å²) in [5.41, 5.74) is 2.20. The summed E-state index contributed by atoms with van der Waals surface area (Å²) >= 11 is 0. The zero-order valence-corrected chi connectivity index (χ0v) is 12.1. The van der Waals surface area contributed by atoms with Gasteiger partial charge in [0.25, 0.3) is 0 Å². The number of nitrogens with zero attached hydrogens (tertiary/aromatic N) is 1. The average molecular weight is 272 g/mol. The van der Waals surface area contributed by atoms with E-state index in [4.69, 9.17) is 4.42 Å². The quantitative estimate of drug-likeness (QED) is 0.909. The predicted molar refractivity (Wildman–Crippen MR) is 79.1 cm³/mol. The molecular weight excluding hydrogens is 252 g/mol. The summed E-state index contributed by atoms with van der Waals surface area (Å²) in [6, 6.07) is 11.8. The maximum absolute atomic E-state index is 11.6. The summed E-state index contributed by atoms with van der Waals surface area (Å²) in [6.07, 6.45) is 1.67. The summed E-state index contributed by atoms with van der Waals surface area (Å²) < 4.78 is 5.40. The Labute approximate surface area is 119 Å². The van der Waals surface area contributed by atoms with E-state index in [1.807, 2.05) is 43.1 Å². The van der Waals surface area contributed by atoms with Crippen LogP contribution in [0.3, 0.4) is 0 Å². The third-order valence-corrected chi connectivity index (χ3v) is 3.45. The number of hydrogen-bond acceptors (Lipinski definition) is 3. The Hall–Kier alpha value is -2.07. The molecule has 0 saturated carbocycles. The van der Waals surface area contributed by atoms with E-state index < -0.39 is 0 Å². The van der Waals surface area contributed by atoms with Gasteiger partial charge >= 0.3 is 0 Å². The fourth-order valence-corrected chi connectivity index (χ4v) is 2.10. The fraction of sp³-hybridized carbons (Fsp3) is 0.312. The van der Waals surface area contributed by atoms with Crippen molar-refractivity contribution in [3.63, 3.8) is 0 Å². The Bertz CT molecular complexity index is 564. The first kappa shape index (κ1) is 14.3. The lowest BCUT2D eigenvalue weighted by atomic mass is 10.1. The lowest BCUT2D eigenvalue weighted by Gasteiger charge is -2.23. The minimum atomic E-state index is -0.160. The van der Waals surface area contributed by atoms with Crippen LogP contribution < -0.4 is 5.32 Å². The molecule has 1 N–H and O–H groups in total. The van der Waals surface area contributed by atoms with Gasteiger partial charge in [0.05, 0.1) is 12.3 Å². The van der Waals surface area contributed by atoms with Crippen molar-refractivity contribution in [2.75, 3.05) is 14.1 Å². The van der Waals surface area contributed by atoms with Crippen molar-refractivity contribution in [3.05, 3.63) is 48.2 Å². The topological polar surface area (TPSA) is 45.5 Å². The molecule has 0 saturated heterocycles. The van der Waals surface area contributed by atoms with E-state index in [-0.39, 0.29) is 11.9 Å². The molecule has 0 aliphatic carbocycles. The second-order valence-corrected chi connectivity index (χ2v) is 4.88. The highest BCUT2D eigenvalue weighted by molar-refractivity contribution is 5.80. The van der Waals surface area contributed by atoms with E-state index in [0.29, 0.717) is 6.54 Å². The van der Waals surface area contributed by atoms with Gasteiger partial charge in [-0.05, 0) is 37.7 Å². The molecule has 1 aromatic carbocycles. The number of hydrogen-bond donors (Lipinski definition) is 1. The molecule has 1 aromatic heterocycles. The van der Waals surface area contributed by atoms with Crippen molar-refractivity contribution in [2.45, 2.75) is 19.5 Å². The van der Waals surface area contributed by atoms with Crippen LogP contribution in [-0.4, -0.2) is 30.9 Å². The van der Waals surface area contributed by atoms with Crippen LogP contribution in [0.15, 0.2) is 47.1 Å². The van der Waals surface area contributed by atoms with Crippen LogP contribution in [0.1, 0.15) is 12.5 Å². The molecule has 1 atom stereocenters. The van der Waals surface area contributed by atoms with Gasteiger partial charge in [-0.1, -0.05) is 18.2 Å². The van der Waals surface area contributed by atoms with Crippen LogP contribution >= 0.6 is 0 Å². The number of furan rings is 1. The molecule has 2 aromatic rings. The molecule has 2 rings (SSSR count). The van der Waals surface area contributed by atoms with Crippen LogP contribution in [0.25, 0.3) is 11.3 Å². The van der Waals surface area contributed by atoms with E-state index in [0.717, 1.165) is 16.9 Å². The molecule has 0 fully saturated rings. The van der Waals surface area contributed by atoms with Gasteiger partial charge in [-0.3, -0.25) is 9.69 Å². The molecule has 0 aliphatic rings. The molecule has 1 amide bonds. The Morgan fingerprint density at radius 2 is 2.15 bits per heavy atom. The largest absolute Gasteiger partial charge is 0.464 e. The Morgan fingerprint density at radius 1 is 1.35 bits per heavy atom. The second kappa shape index (κ2) is 6.39. The highest BCUT2D eigenvalue weighted by Gasteiger charge is 2.16. The summed E-state index contributed by atoms with van der Waals surface area (Å²) in [4.78, 5) is 13.6. The number of nitrogens with one attached hydrogen (secondary N) is 1. The number of likely N-dealkylation sites (N-methyl/N-ethyl adjacent to an activating group) is 2. The lowest BCUT2D eigenvalue weighted by molar-refractivity contribution is -0.125. The summed E-state index contributed by atoms with van der Waals surface area (Å²) in [6.45, 7) is 2.61. The number of amides is 1. The van der Waals surface area contributed by atoms with Gasteiger partial charge in [0.1, 0.15) is 5.76 Å². The first-order valence-electron chi connectivity index (χ1n) is 6.66. The number of carbonyl (C=O) groups is 1. The highest BCUT2D eigenvalue weighted by atomic mass is 16.3. The van der Waals surface area contributed by atoms with Crippen LogP contribution in [0.4, 0.5) is 0 Å². The molecule has 0 radical (unpaired) electrons. The molecule has 1 heterocycles. The van der Waals surface area contributed by atoms with Gasteiger partial charge in [-0.2, -0.15) is 0 Å². The second-order valence-electron chi connectivity index (χ2n) is 4.88. The molecule has 20 heavy (non-hydrogen) atoms. The first-order chi connectivity index (χ1) is 9.61. The lowest BCUT2D eigenvalue weighted by Crippen LogP contribution is -2.41. The van der Waals surface area contributed by atoms with Gasteiger partial charge in [0.15, 0.2) is 0 Å². The molecule has 0 spiro atoms. The van der Waals surface area contributed by atoms with E-state index in [1.165, 1.54) is 0 Å². The van der Waals surface area contributed by atoms with E-state index in [2.05, 4.69) is 17.4 Å². The van der Waals surface area contributed by atoms with Crippen molar-refractivity contribution in [1.82, 2.24) is 10.2 Å². The van der Waals surface area contributed by atoms with E-state index in [1.54, 1.807) is 13.3 Å². The van der Waals surface area contributed by atoms with Gasteiger partial charge in [-0.15, -0.1) is 0 Å². The minimum absolute atomic E-state index is 0.0229. The Balaban J connectivity index is 2.10. The number of benzene rings is 1. The third kappa shape index (κ3) is 3.27. The third-order valence-electron chi connectivity index (χ3n) is 3.45. The molecule has 4 heteroatoms. The highest BCUT2D eigenvalue weighted by Crippen LogP contribution is 2.21. The van der Waals surface area contributed by atoms with Crippen molar-refractivity contribution in [2.24, 2.45) is 0 Å². The monoisotopic (exact) mass is 272 g/mol. The molecule has 106 valence electrons. The zero-order valence-electron chi connectivity index (χ0n) is 12.1. The molecular formula is C16H20N2O2. The van der Waals surface area contributed by atoms with Crippen LogP contribution in [0.5, 0.6) is 0 Å².